The first kappa shape index (κ1) is 21.7. The number of alkyl halides is 3. The molecule has 0 aliphatic heterocycles. The van der Waals surface area contributed by atoms with E-state index in [-0.39, 0.29) is 22.1 Å². The number of nitrogens with one attached hydrogen (secondary N) is 1. The van der Waals surface area contributed by atoms with Crippen LogP contribution in [0.15, 0.2) is 47.4 Å². The molecule has 0 bridgehead atoms. The summed E-state index contributed by atoms with van der Waals surface area (Å²) < 4.78 is 80.6. The summed E-state index contributed by atoms with van der Waals surface area (Å²) in [7, 11) is -3.86. The Morgan fingerprint density at radius 1 is 1.07 bits per heavy atom. The lowest BCUT2D eigenvalue weighted by atomic mass is 9.84. The monoisotopic (exact) mass is 431 g/mol. The van der Waals surface area contributed by atoms with E-state index in [0.717, 1.165) is 12.1 Å². The van der Waals surface area contributed by atoms with Crippen LogP contribution in [-0.2, 0) is 16.2 Å². The normalized spacial score (nSPS) is 23.2. The molecule has 0 atom stereocenters. The van der Waals surface area contributed by atoms with E-state index in [1.807, 2.05) is 0 Å². The summed E-state index contributed by atoms with van der Waals surface area (Å²) in [4.78, 5) is -0.0748. The van der Waals surface area contributed by atoms with Crippen molar-refractivity contribution >= 4 is 10.0 Å². The average molecular weight is 431 g/mol. The summed E-state index contributed by atoms with van der Waals surface area (Å²) in [5.41, 5.74) is -2.02. The summed E-state index contributed by atoms with van der Waals surface area (Å²) in [6.07, 6.45) is -2.80. The van der Waals surface area contributed by atoms with Crippen molar-refractivity contribution in [1.82, 2.24) is 4.72 Å². The average Bonchev–Trinajstić information content (AvgIpc) is 2.63. The van der Waals surface area contributed by atoms with Gasteiger partial charge in [0.25, 0.3) is 0 Å². The van der Waals surface area contributed by atoms with Crippen molar-refractivity contribution in [3.8, 4) is 11.1 Å². The van der Waals surface area contributed by atoms with Crippen molar-refractivity contribution < 1.29 is 31.1 Å². The highest BCUT2D eigenvalue weighted by Gasteiger charge is 2.34. The number of hydrogen-bond donors (Lipinski definition) is 2. The maximum atomic E-state index is 13.3. The number of rotatable bonds is 4. The molecular weight excluding hydrogens is 410 g/mol. The third-order valence-corrected chi connectivity index (χ3v) is 6.68. The molecule has 0 amide bonds. The molecule has 1 fully saturated rings. The Kier molecular flexibility index (Phi) is 5.77. The summed E-state index contributed by atoms with van der Waals surface area (Å²) in [6, 6.07) is 7.03. The van der Waals surface area contributed by atoms with Crippen molar-refractivity contribution in [3.05, 3.63) is 53.8 Å². The van der Waals surface area contributed by atoms with Crippen LogP contribution in [0.3, 0.4) is 0 Å². The molecule has 0 heterocycles. The minimum absolute atomic E-state index is 0.0748. The second-order valence-electron chi connectivity index (χ2n) is 7.60. The molecule has 0 aromatic heterocycles. The molecule has 2 aromatic rings. The van der Waals surface area contributed by atoms with Crippen molar-refractivity contribution in [3.63, 3.8) is 0 Å². The van der Waals surface area contributed by atoms with Crippen LogP contribution in [0.25, 0.3) is 11.1 Å². The molecule has 9 heteroatoms. The van der Waals surface area contributed by atoms with Gasteiger partial charge in [0.1, 0.15) is 5.82 Å². The van der Waals surface area contributed by atoms with Crippen LogP contribution in [-0.4, -0.2) is 25.2 Å². The van der Waals surface area contributed by atoms with Gasteiger partial charge in [-0.3, -0.25) is 0 Å². The zero-order valence-electron chi connectivity index (χ0n) is 15.6. The van der Waals surface area contributed by atoms with Gasteiger partial charge in [0.05, 0.1) is 16.1 Å². The van der Waals surface area contributed by atoms with Crippen LogP contribution in [0, 0.1) is 5.82 Å². The Hall–Kier alpha value is -1.97. The minimum Gasteiger partial charge on any atom is -0.390 e. The Balaban J connectivity index is 1.82. The van der Waals surface area contributed by atoms with E-state index in [9.17, 15) is 31.1 Å². The number of sulfonamides is 1. The van der Waals surface area contributed by atoms with Gasteiger partial charge in [-0.1, -0.05) is 18.2 Å². The van der Waals surface area contributed by atoms with E-state index in [2.05, 4.69) is 4.72 Å². The van der Waals surface area contributed by atoms with Crippen LogP contribution in [0.2, 0.25) is 0 Å². The second-order valence-corrected chi connectivity index (χ2v) is 9.32. The number of benzene rings is 2. The van der Waals surface area contributed by atoms with Gasteiger partial charge >= 0.3 is 6.18 Å². The zero-order valence-corrected chi connectivity index (χ0v) is 16.4. The topological polar surface area (TPSA) is 66.4 Å². The summed E-state index contributed by atoms with van der Waals surface area (Å²) >= 11 is 0. The van der Waals surface area contributed by atoms with Crippen LogP contribution in [0.4, 0.5) is 17.6 Å². The number of hydrogen-bond acceptors (Lipinski definition) is 3. The summed E-state index contributed by atoms with van der Waals surface area (Å²) in [5.74, 6) is -1.00. The lowest BCUT2D eigenvalue weighted by molar-refractivity contribution is -0.137. The summed E-state index contributed by atoms with van der Waals surface area (Å²) in [5, 5.41) is 9.96. The summed E-state index contributed by atoms with van der Waals surface area (Å²) in [6.45, 7) is 1.71. The van der Waals surface area contributed by atoms with Gasteiger partial charge in [-0.2, -0.15) is 13.2 Å². The molecule has 158 valence electrons. The molecule has 3 rings (SSSR count). The first-order chi connectivity index (χ1) is 13.4. The standard InChI is InChI=1S/C20H21F4NO3S/c1-19(26)10-8-15(9-11-19)25-29(27,28)16-5-2-13(3-6-16)17-7-4-14(21)12-18(17)20(22,23)24/h2-7,12,15,25-26H,8-11H2,1H3. The van der Waals surface area contributed by atoms with Gasteiger partial charge in [0.15, 0.2) is 0 Å². The van der Waals surface area contributed by atoms with Gasteiger partial charge in [-0.25, -0.2) is 17.5 Å². The van der Waals surface area contributed by atoms with E-state index in [1.165, 1.54) is 24.3 Å². The molecule has 0 radical (unpaired) electrons. The molecule has 1 saturated carbocycles. The lowest BCUT2D eigenvalue weighted by Gasteiger charge is -2.33. The first-order valence-electron chi connectivity index (χ1n) is 9.09. The van der Waals surface area contributed by atoms with E-state index < -0.39 is 33.2 Å². The fourth-order valence-corrected chi connectivity index (χ4v) is 4.77. The largest absolute Gasteiger partial charge is 0.417 e. The van der Waals surface area contributed by atoms with Crippen LogP contribution in [0.5, 0.6) is 0 Å². The third kappa shape index (κ3) is 5.15. The molecule has 1 aliphatic carbocycles. The SMILES string of the molecule is CC1(O)CCC(NS(=O)(=O)c2ccc(-c3ccc(F)cc3C(F)(F)F)cc2)CC1. The molecule has 1 aliphatic rings. The fraction of sp³-hybridized carbons (Fsp3) is 0.400. The van der Waals surface area contributed by atoms with Crippen molar-refractivity contribution in [2.24, 2.45) is 0 Å². The molecule has 0 saturated heterocycles. The Morgan fingerprint density at radius 2 is 1.66 bits per heavy atom. The second kappa shape index (κ2) is 7.70. The van der Waals surface area contributed by atoms with Crippen LogP contribution < -0.4 is 4.72 Å². The molecule has 0 unspecified atom stereocenters. The van der Waals surface area contributed by atoms with Gasteiger partial charge in [0, 0.05) is 6.04 Å². The van der Waals surface area contributed by atoms with E-state index in [0.29, 0.717) is 31.7 Å². The maximum Gasteiger partial charge on any atom is 0.417 e. The Bertz CT molecular complexity index is 976. The maximum absolute atomic E-state index is 13.3. The van der Waals surface area contributed by atoms with E-state index in [1.54, 1.807) is 6.92 Å². The minimum atomic E-state index is -4.74. The highest BCUT2D eigenvalue weighted by molar-refractivity contribution is 7.89. The van der Waals surface area contributed by atoms with Crippen molar-refractivity contribution in [1.29, 1.82) is 0 Å². The van der Waals surface area contributed by atoms with Crippen molar-refractivity contribution in [2.75, 3.05) is 0 Å². The number of halogens is 4. The number of aliphatic hydroxyl groups is 1. The molecule has 29 heavy (non-hydrogen) atoms. The van der Waals surface area contributed by atoms with Gasteiger partial charge in [-0.15, -0.1) is 0 Å². The van der Waals surface area contributed by atoms with E-state index >= 15 is 0 Å². The van der Waals surface area contributed by atoms with Crippen LogP contribution >= 0.6 is 0 Å². The quantitative estimate of drug-likeness (QED) is 0.702. The molecule has 4 nitrogen and oxygen atoms in total. The zero-order chi connectivity index (χ0) is 21.4. The fourth-order valence-electron chi connectivity index (χ4n) is 3.46. The molecule has 0 spiro atoms. The van der Waals surface area contributed by atoms with Crippen molar-refractivity contribution in [2.45, 2.75) is 55.3 Å². The third-order valence-electron chi connectivity index (χ3n) is 5.15. The predicted octanol–water partition coefficient (Wildman–Crippen LogP) is 4.48. The Morgan fingerprint density at radius 3 is 2.21 bits per heavy atom. The molecule has 2 aromatic carbocycles. The highest BCUT2D eigenvalue weighted by atomic mass is 32.2. The van der Waals surface area contributed by atoms with Gasteiger partial charge in [0.2, 0.25) is 10.0 Å². The van der Waals surface area contributed by atoms with Gasteiger partial charge < -0.3 is 5.11 Å². The molecule has 2 N–H and O–H groups in total. The highest BCUT2D eigenvalue weighted by Crippen LogP contribution is 2.37. The molecular formula is C20H21F4NO3S. The van der Waals surface area contributed by atoms with E-state index in [4.69, 9.17) is 0 Å². The Labute approximate surface area is 166 Å². The van der Waals surface area contributed by atoms with Gasteiger partial charge in [-0.05, 0) is 68.0 Å². The predicted molar refractivity (Wildman–Crippen MR) is 100 cm³/mol. The smallest absolute Gasteiger partial charge is 0.390 e. The van der Waals surface area contributed by atoms with Crippen LogP contribution in [0.1, 0.15) is 38.2 Å². The lowest BCUT2D eigenvalue weighted by Crippen LogP contribution is -2.42. The first-order valence-corrected chi connectivity index (χ1v) is 10.6.